The molecule has 0 fully saturated rings. The first-order valence-corrected chi connectivity index (χ1v) is 4.08. The van der Waals surface area contributed by atoms with Crippen LogP contribution in [0.2, 0.25) is 0 Å². The van der Waals surface area contributed by atoms with Crippen LogP contribution in [0.15, 0.2) is 12.7 Å². The number of hydrogen-bond donors (Lipinski definition) is 1. The number of ether oxygens (including phenoxy) is 2. The number of hydrogen-bond acceptors (Lipinski definition) is 4. The van der Waals surface area contributed by atoms with E-state index < -0.39 is 17.7 Å². The number of carbonyl (C=O) groups excluding carboxylic acids is 1. The summed E-state index contributed by atoms with van der Waals surface area (Å²) in [6.07, 6.45) is 0.0226. The lowest BCUT2D eigenvalue weighted by Crippen LogP contribution is -2.29. The van der Waals surface area contributed by atoms with E-state index in [0.29, 0.717) is 6.42 Å². The minimum Gasteiger partial charge on any atom is -0.456 e. The SMILES string of the molecule is C=CC(=O)OC(C)(C)CCOC(=O)O. The molecule has 0 aliphatic rings. The van der Waals surface area contributed by atoms with E-state index in [-0.39, 0.29) is 6.61 Å². The predicted octanol–water partition coefficient (Wildman–Crippen LogP) is 1.58. The van der Waals surface area contributed by atoms with Crippen LogP contribution in [-0.2, 0) is 14.3 Å². The van der Waals surface area contributed by atoms with Crippen molar-refractivity contribution in [2.24, 2.45) is 0 Å². The fourth-order valence-corrected chi connectivity index (χ4v) is 0.749. The Morgan fingerprint density at radius 2 is 2.07 bits per heavy atom. The normalized spacial score (nSPS) is 10.4. The Kier molecular flexibility index (Phi) is 4.69. The van der Waals surface area contributed by atoms with E-state index in [1.807, 2.05) is 0 Å². The molecule has 0 aromatic rings. The third kappa shape index (κ3) is 6.05. The van der Waals surface area contributed by atoms with Crippen molar-refractivity contribution in [1.29, 1.82) is 0 Å². The molecule has 0 amide bonds. The summed E-state index contributed by atoms with van der Waals surface area (Å²) in [5, 5.41) is 8.19. The molecule has 5 nitrogen and oxygen atoms in total. The molecule has 0 aliphatic heterocycles. The van der Waals surface area contributed by atoms with Crippen LogP contribution in [0.5, 0.6) is 0 Å². The predicted molar refractivity (Wildman–Crippen MR) is 49.0 cm³/mol. The van der Waals surface area contributed by atoms with Crippen LogP contribution >= 0.6 is 0 Å². The van der Waals surface area contributed by atoms with Gasteiger partial charge in [0.1, 0.15) is 5.60 Å². The molecule has 0 aromatic heterocycles. The van der Waals surface area contributed by atoms with Crippen LogP contribution in [0.4, 0.5) is 4.79 Å². The average molecular weight is 202 g/mol. The highest BCUT2D eigenvalue weighted by Gasteiger charge is 2.21. The van der Waals surface area contributed by atoms with Gasteiger partial charge >= 0.3 is 12.1 Å². The van der Waals surface area contributed by atoms with E-state index in [1.54, 1.807) is 13.8 Å². The molecule has 5 heteroatoms. The Balaban J connectivity index is 3.88. The molecule has 0 atom stereocenters. The van der Waals surface area contributed by atoms with Crippen molar-refractivity contribution < 1.29 is 24.2 Å². The quantitative estimate of drug-likeness (QED) is 0.541. The van der Waals surface area contributed by atoms with Gasteiger partial charge in [-0.05, 0) is 13.8 Å². The summed E-state index contributed by atoms with van der Waals surface area (Å²) < 4.78 is 9.23. The summed E-state index contributed by atoms with van der Waals surface area (Å²) in [5.41, 5.74) is -0.749. The molecule has 0 bridgehead atoms. The zero-order valence-electron chi connectivity index (χ0n) is 8.28. The summed E-state index contributed by atoms with van der Waals surface area (Å²) in [6.45, 7) is 6.58. The molecule has 0 saturated carbocycles. The molecule has 0 saturated heterocycles. The third-order valence-corrected chi connectivity index (χ3v) is 1.47. The van der Waals surface area contributed by atoms with Crippen molar-refractivity contribution in [3.05, 3.63) is 12.7 Å². The van der Waals surface area contributed by atoms with Crippen LogP contribution in [0.3, 0.4) is 0 Å². The Hall–Kier alpha value is -1.52. The molecule has 0 heterocycles. The van der Waals surface area contributed by atoms with Gasteiger partial charge in [-0.25, -0.2) is 9.59 Å². The number of carbonyl (C=O) groups is 2. The Morgan fingerprint density at radius 3 is 2.50 bits per heavy atom. The molecular formula is C9H14O5. The molecule has 0 aromatic carbocycles. The smallest absolute Gasteiger partial charge is 0.456 e. The van der Waals surface area contributed by atoms with Crippen LogP contribution in [-0.4, -0.2) is 29.4 Å². The first-order valence-electron chi connectivity index (χ1n) is 4.08. The maximum atomic E-state index is 10.8. The molecular weight excluding hydrogens is 188 g/mol. The lowest BCUT2D eigenvalue weighted by atomic mass is 10.1. The van der Waals surface area contributed by atoms with Crippen molar-refractivity contribution in [2.75, 3.05) is 6.61 Å². The molecule has 1 N–H and O–H groups in total. The summed E-state index contributed by atoms with van der Waals surface area (Å²) in [6, 6.07) is 0. The average Bonchev–Trinajstić information content (AvgIpc) is 2.02. The Morgan fingerprint density at radius 1 is 1.50 bits per heavy atom. The van der Waals surface area contributed by atoms with Crippen molar-refractivity contribution in [3.63, 3.8) is 0 Å². The third-order valence-electron chi connectivity index (χ3n) is 1.47. The monoisotopic (exact) mass is 202 g/mol. The van der Waals surface area contributed by atoms with Crippen LogP contribution in [0, 0.1) is 0 Å². The molecule has 14 heavy (non-hydrogen) atoms. The highest BCUT2D eigenvalue weighted by atomic mass is 16.7. The van der Waals surface area contributed by atoms with Crippen LogP contribution in [0.25, 0.3) is 0 Å². The molecule has 0 spiro atoms. The highest BCUT2D eigenvalue weighted by Crippen LogP contribution is 2.14. The number of esters is 1. The van der Waals surface area contributed by atoms with Gasteiger partial charge in [0, 0.05) is 12.5 Å². The minimum absolute atomic E-state index is 0.00719. The van der Waals surface area contributed by atoms with E-state index in [4.69, 9.17) is 9.84 Å². The van der Waals surface area contributed by atoms with Crippen molar-refractivity contribution >= 4 is 12.1 Å². The first-order chi connectivity index (χ1) is 6.37. The van der Waals surface area contributed by atoms with Gasteiger partial charge in [-0.15, -0.1) is 0 Å². The van der Waals surface area contributed by atoms with Gasteiger partial charge in [0.25, 0.3) is 0 Å². The van der Waals surface area contributed by atoms with E-state index in [0.717, 1.165) is 6.08 Å². The van der Waals surface area contributed by atoms with Gasteiger partial charge < -0.3 is 14.6 Å². The largest absolute Gasteiger partial charge is 0.505 e. The topological polar surface area (TPSA) is 72.8 Å². The summed E-state index contributed by atoms with van der Waals surface area (Å²) in [5.74, 6) is -0.537. The van der Waals surface area contributed by atoms with E-state index >= 15 is 0 Å². The lowest BCUT2D eigenvalue weighted by Gasteiger charge is -2.23. The second kappa shape index (κ2) is 5.26. The van der Waals surface area contributed by atoms with E-state index in [2.05, 4.69) is 11.3 Å². The van der Waals surface area contributed by atoms with Gasteiger partial charge in [-0.1, -0.05) is 6.58 Å². The van der Waals surface area contributed by atoms with E-state index in [9.17, 15) is 9.59 Å². The summed E-state index contributed by atoms with van der Waals surface area (Å²) in [7, 11) is 0. The van der Waals surface area contributed by atoms with Crippen molar-refractivity contribution in [2.45, 2.75) is 25.9 Å². The lowest BCUT2D eigenvalue weighted by molar-refractivity contribution is -0.151. The zero-order chi connectivity index (χ0) is 11.2. The molecule has 80 valence electrons. The first kappa shape index (κ1) is 12.5. The van der Waals surface area contributed by atoms with Crippen molar-refractivity contribution in [1.82, 2.24) is 0 Å². The number of rotatable bonds is 5. The summed E-state index contributed by atoms with van der Waals surface area (Å²) in [4.78, 5) is 20.8. The second-order valence-electron chi connectivity index (χ2n) is 3.25. The van der Waals surface area contributed by atoms with Gasteiger partial charge in [-0.3, -0.25) is 0 Å². The molecule has 0 unspecified atom stereocenters. The molecule has 0 rings (SSSR count). The fraction of sp³-hybridized carbons (Fsp3) is 0.556. The van der Waals surface area contributed by atoms with Gasteiger partial charge in [0.15, 0.2) is 0 Å². The van der Waals surface area contributed by atoms with Crippen LogP contribution < -0.4 is 0 Å². The van der Waals surface area contributed by atoms with Gasteiger partial charge in [0.05, 0.1) is 6.61 Å². The fourth-order valence-electron chi connectivity index (χ4n) is 0.749. The minimum atomic E-state index is -1.34. The van der Waals surface area contributed by atoms with Crippen molar-refractivity contribution in [3.8, 4) is 0 Å². The molecule has 0 radical (unpaired) electrons. The van der Waals surface area contributed by atoms with Gasteiger partial charge in [-0.2, -0.15) is 0 Å². The maximum Gasteiger partial charge on any atom is 0.505 e. The highest BCUT2D eigenvalue weighted by molar-refractivity contribution is 5.81. The Labute approximate surface area is 82.3 Å². The van der Waals surface area contributed by atoms with Crippen LogP contribution in [0.1, 0.15) is 20.3 Å². The zero-order valence-corrected chi connectivity index (χ0v) is 8.28. The number of carboxylic acid groups (broad SMARTS) is 1. The van der Waals surface area contributed by atoms with Gasteiger partial charge in [0.2, 0.25) is 0 Å². The maximum absolute atomic E-state index is 10.8. The second-order valence-corrected chi connectivity index (χ2v) is 3.25. The molecule has 0 aliphatic carbocycles. The van der Waals surface area contributed by atoms with E-state index in [1.165, 1.54) is 0 Å². The summed E-state index contributed by atoms with van der Waals surface area (Å²) >= 11 is 0. The standard InChI is InChI=1S/C9H14O5/c1-4-7(10)14-9(2,3)5-6-13-8(11)12/h4H,1,5-6H2,2-3H3,(H,11,12). The Bertz CT molecular complexity index is 231.